The minimum atomic E-state index is -0.393. The Balaban J connectivity index is 1.47. The standard InChI is InChI=1S/C23H19ClFN3O3S/c24-17-5-11-20(12-6-17)32-15-23(30)28-26-13-16-3-1-2-4-21(16)31-14-22(29)27-19-9-7-18(25)8-10-19/h1-13H,14-15H2,(H,27,29)(H,28,30)/b26-13-. The van der Waals surface area contributed by atoms with Gasteiger partial charge in [-0.05, 0) is 60.7 Å². The smallest absolute Gasteiger partial charge is 0.262 e. The summed E-state index contributed by atoms with van der Waals surface area (Å²) < 4.78 is 18.5. The molecule has 3 aromatic carbocycles. The van der Waals surface area contributed by atoms with Crippen LogP contribution < -0.4 is 15.5 Å². The lowest BCUT2D eigenvalue weighted by Crippen LogP contribution is -2.21. The predicted octanol–water partition coefficient (Wildman–Crippen LogP) is 4.74. The highest BCUT2D eigenvalue weighted by atomic mass is 35.5. The van der Waals surface area contributed by atoms with Crippen molar-refractivity contribution in [1.82, 2.24) is 5.43 Å². The highest BCUT2D eigenvalue weighted by molar-refractivity contribution is 8.00. The molecule has 0 unspecified atom stereocenters. The summed E-state index contributed by atoms with van der Waals surface area (Å²) in [6, 6.07) is 19.6. The molecule has 0 radical (unpaired) electrons. The van der Waals surface area contributed by atoms with Gasteiger partial charge in [0.05, 0.1) is 12.0 Å². The number of amides is 2. The molecule has 0 bridgehead atoms. The van der Waals surface area contributed by atoms with Crippen molar-refractivity contribution in [1.29, 1.82) is 0 Å². The minimum Gasteiger partial charge on any atom is -0.483 e. The van der Waals surface area contributed by atoms with Crippen molar-refractivity contribution in [2.75, 3.05) is 17.7 Å². The predicted molar refractivity (Wildman–Crippen MR) is 125 cm³/mol. The molecule has 0 saturated heterocycles. The van der Waals surface area contributed by atoms with Gasteiger partial charge < -0.3 is 10.1 Å². The molecule has 0 aromatic heterocycles. The zero-order chi connectivity index (χ0) is 22.8. The molecule has 6 nitrogen and oxygen atoms in total. The molecule has 0 heterocycles. The summed E-state index contributed by atoms with van der Waals surface area (Å²) in [6.45, 7) is -0.244. The molecule has 2 N–H and O–H groups in total. The molecule has 0 aliphatic heterocycles. The number of carbonyl (C=O) groups excluding carboxylic acids is 2. The zero-order valence-electron chi connectivity index (χ0n) is 16.8. The Hall–Kier alpha value is -3.36. The first-order valence-electron chi connectivity index (χ1n) is 9.47. The second-order valence-electron chi connectivity index (χ2n) is 6.42. The van der Waals surface area contributed by atoms with Crippen molar-refractivity contribution < 1.29 is 18.7 Å². The molecule has 3 rings (SSSR count). The van der Waals surface area contributed by atoms with Gasteiger partial charge in [-0.15, -0.1) is 11.8 Å². The molecule has 9 heteroatoms. The van der Waals surface area contributed by atoms with Crippen LogP contribution >= 0.6 is 23.4 Å². The molecular formula is C23H19ClFN3O3S. The third-order valence-electron chi connectivity index (χ3n) is 3.98. The van der Waals surface area contributed by atoms with Crippen molar-refractivity contribution in [3.05, 3.63) is 89.2 Å². The fraction of sp³-hybridized carbons (Fsp3) is 0.0870. The van der Waals surface area contributed by atoms with Gasteiger partial charge in [0.1, 0.15) is 11.6 Å². The molecule has 0 spiro atoms. The Labute approximate surface area is 193 Å². The molecule has 32 heavy (non-hydrogen) atoms. The summed E-state index contributed by atoms with van der Waals surface area (Å²) in [7, 11) is 0. The van der Waals surface area contributed by atoms with Gasteiger partial charge in [0.2, 0.25) is 5.91 Å². The summed E-state index contributed by atoms with van der Waals surface area (Å²) in [5, 5.41) is 7.21. The first-order chi connectivity index (χ1) is 15.5. The van der Waals surface area contributed by atoms with Crippen LogP contribution in [0.1, 0.15) is 5.56 Å². The normalized spacial score (nSPS) is 10.7. The fourth-order valence-electron chi connectivity index (χ4n) is 2.48. The van der Waals surface area contributed by atoms with E-state index in [1.165, 1.54) is 42.2 Å². The first kappa shape index (κ1) is 23.3. The van der Waals surface area contributed by atoms with E-state index in [1.54, 1.807) is 36.4 Å². The largest absolute Gasteiger partial charge is 0.483 e. The minimum absolute atomic E-state index is 0.195. The molecule has 3 aromatic rings. The maximum absolute atomic E-state index is 12.9. The van der Waals surface area contributed by atoms with Crippen molar-refractivity contribution >= 4 is 47.1 Å². The molecule has 164 valence electrons. The van der Waals surface area contributed by atoms with E-state index in [9.17, 15) is 14.0 Å². The van der Waals surface area contributed by atoms with E-state index in [2.05, 4.69) is 15.8 Å². The molecule has 0 aliphatic carbocycles. The van der Waals surface area contributed by atoms with E-state index in [4.69, 9.17) is 16.3 Å². The van der Waals surface area contributed by atoms with Crippen molar-refractivity contribution in [2.24, 2.45) is 5.10 Å². The number of benzene rings is 3. The number of halogens is 2. The van der Waals surface area contributed by atoms with Gasteiger partial charge in [-0.25, -0.2) is 9.82 Å². The molecule has 0 aliphatic rings. The van der Waals surface area contributed by atoms with Gasteiger partial charge in [0.25, 0.3) is 5.91 Å². The first-order valence-corrected chi connectivity index (χ1v) is 10.8. The highest BCUT2D eigenvalue weighted by Crippen LogP contribution is 2.20. The summed E-state index contributed by atoms with van der Waals surface area (Å²) in [4.78, 5) is 25.0. The molecular weight excluding hydrogens is 453 g/mol. The maximum atomic E-state index is 12.9. The molecule has 0 atom stereocenters. The average Bonchev–Trinajstić information content (AvgIpc) is 2.79. The third-order valence-corrected chi connectivity index (χ3v) is 5.25. The van der Waals surface area contributed by atoms with E-state index in [-0.39, 0.29) is 24.1 Å². The maximum Gasteiger partial charge on any atom is 0.262 e. The van der Waals surface area contributed by atoms with Crippen LogP contribution in [0.3, 0.4) is 0 Å². The Kier molecular flexibility index (Phi) is 8.65. The Morgan fingerprint density at radius 1 is 1.00 bits per heavy atom. The molecule has 2 amide bonds. The lowest BCUT2D eigenvalue weighted by atomic mass is 10.2. The van der Waals surface area contributed by atoms with Gasteiger partial charge >= 0.3 is 0 Å². The number of thioether (sulfide) groups is 1. The second-order valence-corrected chi connectivity index (χ2v) is 7.90. The second kappa shape index (κ2) is 11.9. The Bertz CT molecular complexity index is 1090. The third kappa shape index (κ3) is 7.72. The van der Waals surface area contributed by atoms with Crippen LogP contribution in [0.5, 0.6) is 5.75 Å². The fourth-order valence-corrected chi connectivity index (χ4v) is 3.29. The van der Waals surface area contributed by atoms with Gasteiger partial charge in [-0.2, -0.15) is 5.10 Å². The number of nitrogens with one attached hydrogen (secondary N) is 2. The number of rotatable bonds is 9. The highest BCUT2D eigenvalue weighted by Gasteiger charge is 2.07. The van der Waals surface area contributed by atoms with Gasteiger partial charge in [-0.3, -0.25) is 9.59 Å². The summed E-state index contributed by atoms with van der Waals surface area (Å²) >= 11 is 7.21. The SMILES string of the molecule is O=C(CSc1ccc(Cl)cc1)N/N=C\c1ccccc1OCC(=O)Nc1ccc(F)cc1. The van der Waals surface area contributed by atoms with Crippen molar-refractivity contribution in [3.8, 4) is 5.75 Å². The van der Waals surface area contributed by atoms with E-state index in [0.29, 0.717) is 22.0 Å². The van der Waals surface area contributed by atoms with Crippen LogP contribution in [-0.2, 0) is 9.59 Å². The summed E-state index contributed by atoms with van der Waals surface area (Å²) in [5.41, 5.74) is 3.52. The van der Waals surface area contributed by atoms with Gasteiger partial charge in [0, 0.05) is 21.2 Å². The van der Waals surface area contributed by atoms with Crippen LogP contribution in [0.2, 0.25) is 5.02 Å². The lowest BCUT2D eigenvalue weighted by Gasteiger charge is -2.09. The van der Waals surface area contributed by atoms with Crippen LogP contribution in [0.4, 0.5) is 10.1 Å². The number of nitrogens with zero attached hydrogens (tertiary/aromatic N) is 1. The Morgan fingerprint density at radius 2 is 1.72 bits per heavy atom. The lowest BCUT2D eigenvalue weighted by molar-refractivity contribution is -0.119. The molecule has 0 saturated carbocycles. The van der Waals surface area contributed by atoms with Gasteiger partial charge in [0.15, 0.2) is 6.61 Å². The number of hydrazone groups is 1. The monoisotopic (exact) mass is 471 g/mol. The Morgan fingerprint density at radius 3 is 2.47 bits per heavy atom. The van der Waals surface area contributed by atoms with E-state index < -0.39 is 5.91 Å². The van der Waals surface area contributed by atoms with Crippen molar-refractivity contribution in [2.45, 2.75) is 4.90 Å². The van der Waals surface area contributed by atoms with E-state index in [1.807, 2.05) is 12.1 Å². The van der Waals surface area contributed by atoms with Crippen LogP contribution in [0, 0.1) is 5.82 Å². The van der Waals surface area contributed by atoms with Crippen LogP contribution in [0.25, 0.3) is 0 Å². The average molecular weight is 472 g/mol. The number of ether oxygens (including phenoxy) is 1. The number of para-hydroxylation sites is 1. The van der Waals surface area contributed by atoms with E-state index in [0.717, 1.165) is 4.90 Å². The number of anilines is 1. The van der Waals surface area contributed by atoms with Crippen LogP contribution in [0.15, 0.2) is 82.8 Å². The quantitative estimate of drug-likeness (QED) is 0.268. The number of hydrogen-bond donors (Lipinski definition) is 2. The number of hydrogen-bond acceptors (Lipinski definition) is 5. The van der Waals surface area contributed by atoms with Crippen LogP contribution in [-0.4, -0.2) is 30.4 Å². The van der Waals surface area contributed by atoms with E-state index >= 15 is 0 Å². The van der Waals surface area contributed by atoms with Crippen molar-refractivity contribution in [3.63, 3.8) is 0 Å². The summed E-state index contributed by atoms with van der Waals surface area (Å²) in [6.07, 6.45) is 1.44. The summed E-state index contributed by atoms with van der Waals surface area (Å²) in [5.74, 6) is -0.423. The topological polar surface area (TPSA) is 79.8 Å². The molecule has 0 fully saturated rings. The zero-order valence-corrected chi connectivity index (χ0v) is 18.3. The number of carbonyl (C=O) groups is 2. The van der Waals surface area contributed by atoms with Gasteiger partial charge in [-0.1, -0.05) is 23.7 Å².